The summed E-state index contributed by atoms with van der Waals surface area (Å²) < 4.78 is 30.6. The van der Waals surface area contributed by atoms with Crippen molar-refractivity contribution in [2.24, 2.45) is 4.40 Å². The quantitative estimate of drug-likeness (QED) is 0.511. The van der Waals surface area contributed by atoms with E-state index in [9.17, 15) is 8.42 Å². The Labute approximate surface area is 135 Å². The van der Waals surface area contributed by atoms with Crippen LogP contribution in [-0.2, 0) is 10.0 Å². The monoisotopic (exact) mass is 333 g/mol. The van der Waals surface area contributed by atoms with Gasteiger partial charge < -0.3 is 10.6 Å². The second kappa shape index (κ2) is 5.69. The van der Waals surface area contributed by atoms with Crippen LogP contribution in [0.5, 0.6) is 0 Å². The maximum Gasteiger partial charge on any atom is 0.284 e. The van der Waals surface area contributed by atoms with Crippen molar-refractivity contribution in [3.8, 4) is 11.1 Å². The third-order valence-electron chi connectivity index (χ3n) is 3.56. The molecule has 1 aliphatic carbocycles. The molecule has 7 nitrogen and oxygen atoms in total. The van der Waals surface area contributed by atoms with E-state index >= 15 is 0 Å². The Morgan fingerprint density at radius 3 is 2.78 bits per heavy atom. The Hall–Kier alpha value is -2.35. The van der Waals surface area contributed by atoms with Crippen molar-refractivity contribution in [1.29, 1.82) is 0 Å². The smallest absolute Gasteiger partial charge is 0.284 e. The second-order valence-corrected chi connectivity index (χ2v) is 7.42. The molecule has 0 aliphatic heterocycles. The van der Waals surface area contributed by atoms with Gasteiger partial charge in [-0.25, -0.2) is 0 Å². The van der Waals surface area contributed by atoms with Gasteiger partial charge in [0.2, 0.25) is 0 Å². The van der Waals surface area contributed by atoms with Crippen molar-refractivity contribution in [3.63, 3.8) is 0 Å². The van der Waals surface area contributed by atoms with Crippen molar-refractivity contribution in [2.45, 2.75) is 23.8 Å². The predicted octanol–water partition coefficient (Wildman–Crippen LogP) is 1.75. The van der Waals surface area contributed by atoms with E-state index in [1.807, 2.05) is 10.9 Å². The molecule has 1 saturated carbocycles. The van der Waals surface area contributed by atoms with Crippen molar-refractivity contribution in [1.82, 2.24) is 14.7 Å². The van der Waals surface area contributed by atoms with Crippen LogP contribution < -0.4 is 5.73 Å². The first kappa shape index (κ1) is 15.5. The molecule has 0 saturated heterocycles. The van der Waals surface area contributed by atoms with Gasteiger partial charge in [-0.05, 0) is 25.0 Å². The van der Waals surface area contributed by atoms with Crippen LogP contribution in [0.2, 0.25) is 0 Å². The number of nitrogens with two attached hydrogens (primary N) is 1. The summed E-state index contributed by atoms with van der Waals surface area (Å²) in [7, 11) is -0.427. The number of anilines is 1. The molecule has 0 atom stereocenters. The van der Waals surface area contributed by atoms with E-state index in [1.165, 1.54) is 12.4 Å². The first-order valence-corrected chi connectivity index (χ1v) is 8.72. The summed E-state index contributed by atoms with van der Waals surface area (Å²) in [6.45, 7) is 0. The van der Waals surface area contributed by atoms with Gasteiger partial charge in [0.25, 0.3) is 10.0 Å². The summed E-state index contributed by atoms with van der Waals surface area (Å²) in [5, 5.41) is 4.31. The summed E-state index contributed by atoms with van der Waals surface area (Å²) >= 11 is 0. The summed E-state index contributed by atoms with van der Waals surface area (Å²) in [5.74, 6) is 0. The third kappa shape index (κ3) is 3.21. The number of hydrogen-bond donors (Lipinski definition) is 1. The molecule has 23 heavy (non-hydrogen) atoms. The van der Waals surface area contributed by atoms with Crippen LogP contribution in [0.1, 0.15) is 18.9 Å². The van der Waals surface area contributed by atoms with Gasteiger partial charge in [-0.1, -0.05) is 6.07 Å². The molecule has 122 valence electrons. The Morgan fingerprint density at radius 2 is 2.13 bits per heavy atom. The number of hydrogen-bond acceptors (Lipinski definition) is 4. The first-order chi connectivity index (χ1) is 10.9. The Balaban J connectivity index is 2.09. The fourth-order valence-corrected chi connectivity index (χ4v) is 3.46. The topological polar surface area (TPSA) is 93.6 Å². The van der Waals surface area contributed by atoms with Gasteiger partial charge in [0, 0.05) is 37.1 Å². The van der Waals surface area contributed by atoms with E-state index < -0.39 is 10.0 Å². The summed E-state index contributed by atoms with van der Waals surface area (Å²) in [5.41, 5.74) is 7.58. The number of sulfonamides is 1. The molecule has 1 aromatic heterocycles. The highest BCUT2D eigenvalue weighted by Crippen LogP contribution is 2.38. The van der Waals surface area contributed by atoms with Gasteiger partial charge in [0.1, 0.15) is 6.34 Å². The van der Waals surface area contributed by atoms with Crippen molar-refractivity contribution >= 4 is 22.0 Å². The molecular weight excluding hydrogens is 314 g/mol. The van der Waals surface area contributed by atoms with E-state index in [0.29, 0.717) is 22.9 Å². The Kier molecular flexibility index (Phi) is 3.85. The highest BCUT2D eigenvalue weighted by atomic mass is 32.2. The largest absolute Gasteiger partial charge is 0.398 e. The van der Waals surface area contributed by atoms with Crippen LogP contribution in [0.4, 0.5) is 5.69 Å². The van der Waals surface area contributed by atoms with E-state index in [0.717, 1.165) is 12.8 Å². The minimum Gasteiger partial charge on any atom is -0.398 e. The number of nitrogens with zero attached hydrogens (tertiary/aromatic N) is 4. The SMILES string of the molecule is CN(C)C=NS(=O)(=O)c1cccc(N)c1-c1cnn(C2CC2)c1. The first-order valence-electron chi connectivity index (χ1n) is 7.28. The molecule has 0 amide bonds. The lowest BCUT2D eigenvalue weighted by Gasteiger charge is -2.10. The van der Waals surface area contributed by atoms with Crippen LogP contribution in [0.15, 0.2) is 39.9 Å². The molecule has 1 fully saturated rings. The number of benzene rings is 1. The van der Waals surface area contributed by atoms with Crippen LogP contribution in [0.25, 0.3) is 11.1 Å². The van der Waals surface area contributed by atoms with Crippen molar-refractivity contribution in [3.05, 3.63) is 30.6 Å². The van der Waals surface area contributed by atoms with Crippen molar-refractivity contribution < 1.29 is 8.42 Å². The summed E-state index contributed by atoms with van der Waals surface area (Å²) in [4.78, 5) is 1.65. The molecule has 0 spiro atoms. The van der Waals surface area contributed by atoms with E-state index in [4.69, 9.17) is 5.73 Å². The average Bonchev–Trinajstić information content (AvgIpc) is 3.23. The number of nitrogen functional groups attached to an aromatic ring is 1. The molecule has 3 rings (SSSR count). The minimum atomic E-state index is -3.84. The summed E-state index contributed by atoms with van der Waals surface area (Å²) in [6, 6.07) is 5.23. The van der Waals surface area contributed by atoms with Crippen LogP contribution in [0, 0.1) is 0 Å². The fourth-order valence-electron chi connectivity index (χ4n) is 2.29. The molecule has 0 radical (unpaired) electrons. The second-order valence-electron chi connectivity index (χ2n) is 5.82. The third-order valence-corrected chi connectivity index (χ3v) is 4.83. The minimum absolute atomic E-state index is 0.0888. The number of aromatic nitrogens is 2. The van der Waals surface area contributed by atoms with Crippen LogP contribution in [-0.4, -0.2) is 43.5 Å². The zero-order chi connectivity index (χ0) is 16.6. The maximum absolute atomic E-state index is 12.5. The molecule has 0 unspecified atom stereocenters. The lowest BCUT2D eigenvalue weighted by molar-refractivity contribution is 0.595. The van der Waals surface area contributed by atoms with E-state index in [1.54, 1.807) is 37.3 Å². The molecule has 2 aromatic rings. The molecule has 2 N–H and O–H groups in total. The lowest BCUT2D eigenvalue weighted by Crippen LogP contribution is -2.11. The summed E-state index contributed by atoms with van der Waals surface area (Å²) in [6.07, 6.45) is 6.96. The standard InChI is InChI=1S/C15H19N5O2S/c1-19(2)10-18-23(21,22)14-5-3-4-13(16)15(14)11-8-17-20(9-11)12-6-7-12/h3-5,8-10,12H,6-7,16H2,1-2H3. The van der Waals surface area contributed by atoms with Crippen LogP contribution >= 0.6 is 0 Å². The van der Waals surface area contributed by atoms with Gasteiger partial charge >= 0.3 is 0 Å². The van der Waals surface area contributed by atoms with Gasteiger partial charge in [-0.2, -0.15) is 13.5 Å². The lowest BCUT2D eigenvalue weighted by atomic mass is 10.1. The highest BCUT2D eigenvalue weighted by Gasteiger charge is 2.26. The van der Waals surface area contributed by atoms with E-state index in [-0.39, 0.29) is 4.90 Å². The van der Waals surface area contributed by atoms with E-state index in [2.05, 4.69) is 9.50 Å². The molecule has 0 bridgehead atoms. The Morgan fingerprint density at radius 1 is 1.39 bits per heavy atom. The molecular formula is C15H19N5O2S. The molecule has 1 aliphatic rings. The highest BCUT2D eigenvalue weighted by molar-refractivity contribution is 7.90. The fraction of sp³-hybridized carbons (Fsp3) is 0.333. The molecule has 8 heteroatoms. The predicted molar refractivity (Wildman–Crippen MR) is 89.7 cm³/mol. The average molecular weight is 333 g/mol. The van der Waals surface area contributed by atoms with Crippen molar-refractivity contribution in [2.75, 3.05) is 19.8 Å². The maximum atomic E-state index is 12.5. The zero-order valence-electron chi connectivity index (χ0n) is 13.0. The Bertz CT molecular complexity index is 851. The van der Waals surface area contributed by atoms with Gasteiger partial charge in [0.05, 0.1) is 17.1 Å². The molecule has 1 aromatic carbocycles. The van der Waals surface area contributed by atoms with Crippen LogP contribution in [0.3, 0.4) is 0 Å². The number of rotatable bonds is 5. The van der Waals surface area contributed by atoms with Gasteiger partial charge in [0.15, 0.2) is 0 Å². The van der Waals surface area contributed by atoms with Gasteiger partial charge in [-0.3, -0.25) is 4.68 Å². The normalized spacial score (nSPS) is 15.2. The molecule has 1 heterocycles. The zero-order valence-corrected chi connectivity index (χ0v) is 13.9. The van der Waals surface area contributed by atoms with Gasteiger partial charge in [-0.15, -0.1) is 4.40 Å².